The van der Waals surface area contributed by atoms with Gasteiger partial charge in [-0.25, -0.2) is 4.79 Å². The highest BCUT2D eigenvalue weighted by molar-refractivity contribution is 5.88. The minimum atomic E-state index is -0.940. The van der Waals surface area contributed by atoms with Crippen molar-refractivity contribution in [2.24, 2.45) is 0 Å². The van der Waals surface area contributed by atoms with Crippen molar-refractivity contribution < 1.29 is 15.0 Å². The van der Waals surface area contributed by atoms with Crippen molar-refractivity contribution in [3.63, 3.8) is 0 Å². The minimum Gasteiger partial charge on any atom is -0.477 e. The van der Waals surface area contributed by atoms with Crippen LogP contribution in [0.25, 0.3) is 0 Å². The standard InChI is InChI=1S/C12H17NO3/c1-6(2)9-7-4-3-5-8(14)10(7)13-11(9)12(15)16/h6,8,13-14H,3-5H2,1-2H3,(H,15,16). The number of fused-ring (bicyclic) bond motifs is 1. The first-order valence-electron chi connectivity index (χ1n) is 5.68. The van der Waals surface area contributed by atoms with E-state index in [4.69, 9.17) is 5.11 Å². The summed E-state index contributed by atoms with van der Waals surface area (Å²) in [7, 11) is 0. The molecule has 4 heteroatoms. The number of aliphatic hydroxyl groups excluding tert-OH is 1. The lowest BCUT2D eigenvalue weighted by atomic mass is 9.88. The Hall–Kier alpha value is -1.29. The molecule has 1 aliphatic rings. The Morgan fingerprint density at radius 2 is 2.19 bits per heavy atom. The first kappa shape index (κ1) is 11.2. The molecule has 0 aromatic carbocycles. The molecular formula is C12H17NO3. The summed E-state index contributed by atoms with van der Waals surface area (Å²) in [5.74, 6) is -0.776. The number of aliphatic hydroxyl groups is 1. The Labute approximate surface area is 94.3 Å². The summed E-state index contributed by atoms with van der Waals surface area (Å²) in [4.78, 5) is 14.0. The molecule has 0 saturated heterocycles. The molecule has 0 saturated carbocycles. The van der Waals surface area contributed by atoms with E-state index in [9.17, 15) is 9.90 Å². The summed E-state index contributed by atoms with van der Waals surface area (Å²) in [5, 5.41) is 19.0. The highest BCUT2D eigenvalue weighted by Gasteiger charge is 2.28. The SMILES string of the molecule is CC(C)c1c(C(=O)O)[nH]c2c1CCCC2O. The molecule has 1 unspecified atom stereocenters. The van der Waals surface area contributed by atoms with E-state index in [1.807, 2.05) is 13.8 Å². The molecule has 88 valence electrons. The highest BCUT2D eigenvalue weighted by Crippen LogP contribution is 2.36. The van der Waals surface area contributed by atoms with Crippen LogP contribution in [0.3, 0.4) is 0 Å². The number of hydrogen-bond acceptors (Lipinski definition) is 2. The number of H-pyrrole nitrogens is 1. The van der Waals surface area contributed by atoms with Crippen LogP contribution in [0.2, 0.25) is 0 Å². The molecule has 0 aliphatic heterocycles. The number of hydrogen-bond donors (Lipinski definition) is 3. The summed E-state index contributed by atoms with van der Waals surface area (Å²) in [6, 6.07) is 0. The fourth-order valence-electron chi connectivity index (χ4n) is 2.55. The summed E-state index contributed by atoms with van der Waals surface area (Å²) < 4.78 is 0. The van der Waals surface area contributed by atoms with Gasteiger partial charge in [0.15, 0.2) is 0 Å². The van der Waals surface area contributed by atoms with Gasteiger partial charge in [0.2, 0.25) is 0 Å². The lowest BCUT2D eigenvalue weighted by Crippen LogP contribution is -2.09. The van der Waals surface area contributed by atoms with Crippen molar-refractivity contribution >= 4 is 5.97 Å². The number of carboxylic acid groups (broad SMARTS) is 1. The number of aromatic amines is 1. The van der Waals surface area contributed by atoms with Crippen LogP contribution in [-0.4, -0.2) is 21.2 Å². The summed E-state index contributed by atoms with van der Waals surface area (Å²) in [6.07, 6.45) is 1.97. The predicted octanol–water partition coefficient (Wildman–Crippen LogP) is 2.21. The van der Waals surface area contributed by atoms with Gasteiger partial charge in [0, 0.05) is 5.69 Å². The number of aromatic nitrogens is 1. The smallest absolute Gasteiger partial charge is 0.352 e. The quantitative estimate of drug-likeness (QED) is 0.719. The van der Waals surface area contributed by atoms with Gasteiger partial charge in [-0.2, -0.15) is 0 Å². The Bertz CT molecular complexity index is 420. The molecule has 0 radical (unpaired) electrons. The number of rotatable bonds is 2. The van der Waals surface area contributed by atoms with Crippen molar-refractivity contribution in [3.05, 3.63) is 22.5 Å². The zero-order valence-corrected chi connectivity index (χ0v) is 9.58. The van der Waals surface area contributed by atoms with E-state index in [-0.39, 0.29) is 11.6 Å². The Morgan fingerprint density at radius 1 is 1.50 bits per heavy atom. The first-order valence-corrected chi connectivity index (χ1v) is 5.68. The van der Waals surface area contributed by atoms with E-state index in [1.165, 1.54) is 0 Å². The zero-order valence-electron chi connectivity index (χ0n) is 9.58. The highest BCUT2D eigenvalue weighted by atomic mass is 16.4. The van der Waals surface area contributed by atoms with Crippen LogP contribution in [0.5, 0.6) is 0 Å². The molecule has 1 aromatic rings. The van der Waals surface area contributed by atoms with Crippen molar-refractivity contribution in [2.45, 2.75) is 45.1 Å². The van der Waals surface area contributed by atoms with Gasteiger partial charge in [-0.1, -0.05) is 13.8 Å². The van der Waals surface area contributed by atoms with E-state index in [1.54, 1.807) is 0 Å². The van der Waals surface area contributed by atoms with Crippen molar-refractivity contribution in [2.75, 3.05) is 0 Å². The molecular weight excluding hydrogens is 206 g/mol. The van der Waals surface area contributed by atoms with Crippen LogP contribution in [0.1, 0.15) is 66.0 Å². The van der Waals surface area contributed by atoms with Crippen molar-refractivity contribution in [1.29, 1.82) is 0 Å². The maximum atomic E-state index is 11.1. The Kier molecular flexibility index (Phi) is 2.76. The number of nitrogens with one attached hydrogen (secondary N) is 1. The summed E-state index contributed by atoms with van der Waals surface area (Å²) in [5.41, 5.74) is 2.85. The topological polar surface area (TPSA) is 73.3 Å². The molecule has 1 aliphatic carbocycles. The van der Waals surface area contributed by atoms with E-state index in [0.717, 1.165) is 24.0 Å². The van der Waals surface area contributed by atoms with Crippen LogP contribution in [0, 0.1) is 0 Å². The molecule has 1 aromatic heterocycles. The second-order valence-electron chi connectivity index (χ2n) is 4.67. The molecule has 1 atom stereocenters. The maximum absolute atomic E-state index is 11.1. The monoisotopic (exact) mass is 223 g/mol. The van der Waals surface area contributed by atoms with E-state index in [2.05, 4.69) is 4.98 Å². The molecule has 2 rings (SSSR count). The third kappa shape index (κ3) is 1.63. The summed E-state index contributed by atoms with van der Waals surface area (Å²) >= 11 is 0. The van der Waals surface area contributed by atoms with Crippen LogP contribution in [-0.2, 0) is 6.42 Å². The number of carbonyl (C=O) groups is 1. The van der Waals surface area contributed by atoms with Gasteiger partial charge in [-0.05, 0) is 36.3 Å². The molecule has 0 fully saturated rings. The molecule has 3 N–H and O–H groups in total. The van der Waals surface area contributed by atoms with E-state index in [0.29, 0.717) is 12.1 Å². The predicted molar refractivity (Wildman–Crippen MR) is 59.7 cm³/mol. The molecule has 4 nitrogen and oxygen atoms in total. The number of carboxylic acids is 1. The van der Waals surface area contributed by atoms with E-state index >= 15 is 0 Å². The fraction of sp³-hybridized carbons (Fsp3) is 0.583. The van der Waals surface area contributed by atoms with Gasteiger partial charge in [0.05, 0.1) is 6.10 Å². The normalized spacial score (nSPS) is 19.9. The van der Waals surface area contributed by atoms with Gasteiger partial charge >= 0.3 is 5.97 Å². The van der Waals surface area contributed by atoms with Gasteiger partial charge in [0.25, 0.3) is 0 Å². The van der Waals surface area contributed by atoms with Crippen LogP contribution < -0.4 is 0 Å². The molecule has 1 heterocycles. The van der Waals surface area contributed by atoms with E-state index < -0.39 is 12.1 Å². The van der Waals surface area contributed by atoms with Gasteiger partial charge < -0.3 is 15.2 Å². The van der Waals surface area contributed by atoms with Crippen molar-refractivity contribution in [3.8, 4) is 0 Å². The van der Waals surface area contributed by atoms with Gasteiger partial charge in [0.1, 0.15) is 5.69 Å². The average molecular weight is 223 g/mol. The lowest BCUT2D eigenvalue weighted by molar-refractivity contribution is 0.0689. The van der Waals surface area contributed by atoms with Crippen LogP contribution in [0.15, 0.2) is 0 Å². The van der Waals surface area contributed by atoms with Crippen LogP contribution in [0.4, 0.5) is 0 Å². The Balaban J connectivity index is 2.60. The third-order valence-corrected chi connectivity index (χ3v) is 3.21. The van der Waals surface area contributed by atoms with Gasteiger partial charge in [-0.15, -0.1) is 0 Å². The molecule has 0 bridgehead atoms. The largest absolute Gasteiger partial charge is 0.477 e. The lowest BCUT2D eigenvalue weighted by Gasteiger charge is -2.19. The first-order chi connectivity index (χ1) is 7.52. The second kappa shape index (κ2) is 3.94. The summed E-state index contributed by atoms with van der Waals surface area (Å²) in [6.45, 7) is 3.97. The minimum absolute atomic E-state index is 0.163. The Morgan fingerprint density at radius 3 is 2.75 bits per heavy atom. The van der Waals surface area contributed by atoms with Crippen molar-refractivity contribution in [1.82, 2.24) is 4.98 Å². The van der Waals surface area contributed by atoms with Crippen LogP contribution >= 0.6 is 0 Å². The molecule has 16 heavy (non-hydrogen) atoms. The number of aromatic carboxylic acids is 1. The maximum Gasteiger partial charge on any atom is 0.352 e. The molecule has 0 spiro atoms. The zero-order chi connectivity index (χ0) is 11.9. The molecule has 0 amide bonds. The van der Waals surface area contributed by atoms with Gasteiger partial charge in [-0.3, -0.25) is 0 Å². The fourth-order valence-corrected chi connectivity index (χ4v) is 2.55. The second-order valence-corrected chi connectivity index (χ2v) is 4.67. The third-order valence-electron chi connectivity index (χ3n) is 3.21. The average Bonchev–Trinajstić information content (AvgIpc) is 2.58.